The van der Waals surface area contributed by atoms with Gasteiger partial charge in [-0.1, -0.05) is 41.4 Å². The smallest absolute Gasteiger partial charge is 0.200 e. The first-order chi connectivity index (χ1) is 10.2. The second-order valence-corrected chi connectivity index (χ2v) is 6.07. The molecule has 3 nitrogen and oxygen atoms in total. The van der Waals surface area contributed by atoms with Crippen LogP contribution in [0.3, 0.4) is 0 Å². The molecule has 21 heavy (non-hydrogen) atoms. The van der Waals surface area contributed by atoms with E-state index in [0.29, 0.717) is 27.0 Å². The molecule has 0 amide bonds. The second kappa shape index (κ2) is 4.93. The highest BCUT2D eigenvalue weighted by Crippen LogP contribution is 2.34. The van der Waals surface area contributed by atoms with Crippen molar-refractivity contribution >= 4 is 40.0 Å². The fourth-order valence-electron chi connectivity index (χ4n) is 2.77. The number of fused-ring (bicyclic) bond motifs is 2. The van der Waals surface area contributed by atoms with Gasteiger partial charge in [0.2, 0.25) is 5.89 Å². The van der Waals surface area contributed by atoms with E-state index in [4.69, 9.17) is 27.6 Å². The molecule has 0 spiro atoms. The van der Waals surface area contributed by atoms with E-state index in [9.17, 15) is 0 Å². The average molecular weight is 319 g/mol. The third kappa shape index (κ3) is 2.27. The fraction of sp³-hybridized carbons (Fsp3) is 0.188. The summed E-state index contributed by atoms with van der Waals surface area (Å²) in [7, 11) is 0. The van der Waals surface area contributed by atoms with Gasteiger partial charge >= 0.3 is 0 Å². The van der Waals surface area contributed by atoms with E-state index >= 15 is 0 Å². The molecule has 4 rings (SSSR count). The molecule has 0 fully saturated rings. The molecule has 0 saturated carbocycles. The third-order valence-corrected chi connectivity index (χ3v) is 4.30. The van der Waals surface area contributed by atoms with Gasteiger partial charge in [0.25, 0.3) is 0 Å². The maximum Gasteiger partial charge on any atom is 0.200 e. The lowest BCUT2D eigenvalue weighted by Gasteiger charge is -2.23. The zero-order chi connectivity index (χ0) is 14.4. The minimum atomic E-state index is 0.196. The number of para-hydroxylation sites is 1. The summed E-state index contributed by atoms with van der Waals surface area (Å²) in [6.45, 7) is 0.801. The molecule has 2 heterocycles. The lowest BCUT2D eigenvalue weighted by atomic mass is 9.94. The topological polar surface area (TPSA) is 38.1 Å². The van der Waals surface area contributed by atoms with Crippen molar-refractivity contribution in [3.05, 3.63) is 57.9 Å². The lowest BCUT2D eigenvalue weighted by Crippen LogP contribution is -2.21. The van der Waals surface area contributed by atoms with Crippen molar-refractivity contribution in [1.29, 1.82) is 0 Å². The Morgan fingerprint density at radius 3 is 2.95 bits per heavy atom. The number of nitrogens with zero attached hydrogens (tertiary/aromatic N) is 1. The zero-order valence-electron chi connectivity index (χ0n) is 11.1. The number of benzene rings is 2. The molecule has 1 atom stereocenters. The van der Waals surface area contributed by atoms with E-state index in [1.165, 1.54) is 11.3 Å². The molecule has 1 unspecified atom stereocenters. The summed E-state index contributed by atoms with van der Waals surface area (Å²) < 4.78 is 5.87. The Labute approximate surface area is 131 Å². The Bertz CT molecular complexity index is 828. The quantitative estimate of drug-likeness (QED) is 0.694. The number of hydrogen-bond acceptors (Lipinski definition) is 3. The Morgan fingerprint density at radius 1 is 1.19 bits per heavy atom. The number of oxazole rings is 1. The highest BCUT2D eigenvalue weighted by atomic mass is 35.5. The SMILES string of the molecule is Clc1cc(Cl)c2oc(C3CNc4ccccc4C3)nc2c1. The molecule has 0 radical (unpaired) electrons. The maximum atomic E-state index is 6.16. The summed E-state index contributed by atoms with van der Waals surface area (Å²) in [4.78, 5) is 4.56. The lowest BCUT2D eigenvalue weighted by molar-refractivity contribution is 0.471. The minimum Gasteiger partial charge on any atom is -0.439 e. The molecule has 5 heteroatoms. The first-order valence-corrected chi connectivity index (χ1v) is 7.53. The fourth-order valence-corrected chi connectivity index (χ4v) is 3.29. The van der Waals surface area contributed by atoms with Crippen LogP contribution in [0, 0.1) is 0 Å². The van der Waals surface area contributed by atoms with Gasteiger partial charge in [-0.25, -0.2) is 4.98 Å². The van der Waals surface area contributed by atoms with Crippen LogP contribution in [-0.4, -0.2) is 11.5 Å². The molecule has 0 aliphatic carbocycles. The van der Waals surface area contributed by atoms with Crippen LogP contribution in [0.25, 0.3) is 11.1 Å². The summed E-state index contributed by atoms with van der Waals surface area (Å²) >= 11 is 12.2. The molecule has 1 aliphatic rings. The highest BCUT2D eigenvalue weighted by Gasteiger charge is 2.24. The standard InChI is InChI=1S/C16H12Cl2N2O/c17-11-6-12(18)15-14(7-11)20-16(21-15)10-5-9-3-1-2-4-13(9)19-8-10/h1-4,6-7,10,19H,5,8H2. The molecule has 106 valence electrons. The minimum absolute atomic E-state index is 0.196. The van der Waals surface area contributed by atoms with Gasteiger partial charge in [-0.3, -0.25) is 0 Å². The van der Waals surface area contributed by atoms with Gasteiger partial charge in [-0.2, -0.15) is 0 Å². The van der Waals surface area contributed by atoms with Crippen LogP contribution >= 0.6 is 23.2 Å². The molecule has 1 N–H and O–H groups in total. The Balaban J connectivity index is 1.73. The summed E-state index contributed by atoms with van der Waals surface area (Å²) in [5, 5.41) is 4.49. The van der Waals surface area contributed by atoms with Crippen LogP contribution in [0.4, 0.5) is 5.69 Å². The van der Waals surface area contributed by atoms with Crippen LogP contribution in [0.2, 0.25) is 10.0 Å². The molecule has 0 saturated heterocycles. The van der Waals surface area contributed by atoms with E-state index in [-0.39, 0.29) is 5.92 Å². The molecule has 1 aliphatic heterocycles. The van der Waals surface area contributed by atoms with Crippen molar-refractivity contribution in [2.45, 2.75) is 12.3 Å². The number of hydrogen-bond donors (Lipinski definition) is 1. The normalized spacial score (nSPS) is 17.5. The van der Waals surface area contributed by atoms with E-state index in [0.717, 1.165) is 13.0 Å². The summed E-state index contributed by atoms with van der Waals surface area (Å²) in [5.41, 5.74) is 3.78. The van der Waals surface area contributed by atoms with Crippen LogP contribution in [0.15, 0.2) is 40.8 Å². The van der Waals surface area contributed by atoms with Crippen molar-refractivity contribution in [2.75, 3.05) is 11.9 Å². The van der Waals surface area contributed by atoms with E-state index < -0.39 is 0 Å². The monoisotopic (exact) mass is 318 g/mol. The van der Waals surface area contributed by atoms with E-state index in [1.807, 2.05) is 12.1 Å². The van der Waals surface area contributed by atoms with E-state index in [2.05, 4.69) is 22.4 Å². The summed E-state index contributed by atoms with van der Waals surface area (Å²) in [6, 6.07) is 11.8. The number of rotatable bonds is 1. The number of aromatic nitrogens is 1. The third-order valence-electron chi connectivity index (χ3n) is 3.80. The molecular weight excluding hydrogens is 307 g/mol. The zero-order valence-corrected chi connectivity index (χ0v) is 12.6. The Hall–Kier alpha value is -1.71. The van der Waals surface area contributed by atoms with E-state index in [1.54, 1.807) is 12.1 Å². The van der Waals surface area contributed by atoms with Gasteiger partial charge in [0.1, 0.15) is 5.52 Å². The highest BCUT2D eigenvalue weighted by molar-refractivity contribution is 6.37. The van der Waals surface area contributed by atoms with Crippen LogP contribution in [-0.2, 0) is 6.42 Å². The first kappa shape index (κ1) is 13.0. The molecule has 0 bridgehead atoms. The Morgan fingerprint density at radius 2 is 2.05 bits per heavy atom. The molecule has 2 aromatic carbocycles. The van der Waals surface area contributed by atoms with Crippen LogP contribution in [0.5, 0.6) is 0 Å². The average Bonchev–Trinajstić information content (AvgIpc) is 2.91. The van der Waals surface area contributed by atoms with Gasteiger partial charge in [0.05, 0.1) is 10.9 Å². The number of halogens is 2. The maximum absolute atomic E-state index is 6.16. The summed E-state index contributed by atoms with van der Waals surface area (Å²) in [5.74, 6) is 0.901. The summed E-state index contributed by atoms with van der Waals surface area (Å²) in [6.07, 6.45) is 0.904. The molecule has 3 aromatic rings. The predicted octanol–water partition coefficient (Wildman–Crippen LogP) is 4.89. The first-order valence-electron chi connectivity index (χ1n) is 6.78. The van der Waals surface area contributed by atoms with Crippen molar-refractivity contribution in [1.82, 2.24) is 4.98 Å². The molecule has 1 aromatic heterocycles. The van der Waals surface area contributed by atoms with Gasteiger partial charge in [-0.15, -0.1) is 0 Å². The second-order valence-electron chi connectivity index (χ2n) is 5.23. The van der Waals surface area contributed by atoms with Crippen molar-refractivity contribution in [3.63, 3.8) is 0 Å². The number of nitrogens with one attached hydrogen (secondary N) is 1. The van der Waals surface area contributed by atoms with Gasteiger partial charge < -0.3 is 9.73 Å². The van der Waals surface area contributed by atoms with Gasteiger partial charge in [0.15, 0.2) is 5.58 Å². The predicted molar refractivity (Wildman–Crippen MR) is 85.4 cm³/mol. The number of anilines is 1. The molecular formula is C16H12Cl2N2O. The van der Waals surface area contributed by atoms with Crippen molar-refractivity contribution in [3.8, 4) is 0 Å². The van der Waals surface area contributed by atoms with Gasteiger partial charge in [0, 0.05) is 17.3 Å². The van der Waals surface area contributed by atoms with Gasteiger partial charge in [-0.05, 0) is 30.2 Å². The van der Waals surface area contributed by atoms with Crippen molar-refractivity contribution in [2.24, 2.45) is 0 Å². The van der Waals surface area contributed by atoms with Crippen LogP contribution in [0.1, 0.15) is 17.4 Å². The van der Waals surface area contributed by atoms with Crippen molar-refractivity contribution < 1.29 is 4.42 Å². The Kier molecular flexibility index (Phi) is 3.05. The van der Waals surface area contributed by atoms with Crippen LogP contribution < -0.4 is 5.32 Å². The largest absolute Gasteiger partial charge is 0.439 e.